The third-order valence-corrected chi connectivity index (χ3v) is 6.11. The standard InChI is InChI=1S/C23H36N4O3.HI/c1-23(2)9-12-27(16-23)22(24-3)25-10-6-7-21(28)26-11-8-17-13-19(29-4)20(30-5)14-18(17)15-26;/h13-14H,6-12,15-16H2,1-5H3,(H,24,25);1H. The van der Waals surface area contributed by atoms with E-state index in [0.29, 0.717) is 24.1 Å². The number of rotatable bonds is 6. The Morgan fingerprint density at radius 1 is 1.13 bits per heavy atom. The summed E-state index contributed by atoms with van der Waals surface area (Å²) < 4.78 is 10.8. The van der Waals surface area contributed by atoms with Gasteiger partial charge in [0.1, 0.15) is 0 Å². The van der Waals surface area contributed by atoms with Gasteiger partial charge in [0.2, 0.25) is 5.91 Å². The number of fused-ring (bicyclic) bond motifs is 1. The summed E-state index contributed by atoms with van der Waals surface area (Å²) in [6.07, 6.45) is 3.36. The molecule has 7 nitrogen and oxygen atoms in total. The molecule has 174 valence electrons. The molecule has 1 fully saturated rings. The number of ether oxygens (including phenoxy) is 2. The van der Waals surface area contributed by atoms with Crippen LogP contribution in [0.3, 0.4) is 0 Å². The molecule has 2 heterocycles. The lowest BCUT2D eigenvalue weighted by molar-refractivity contribution is -0.132. The lowest BCUT2D eigenvalue weighted by Gasteiger charge is -2.30. The van der Waals surface area contributed by atoms with Gasteiger partial charge < -0.3 is 24.6 Å². The molecule has 0 aliphatic carbocycles. The molecule has 0 saturated carbocycles. The van der Waals surface area contributed by atoms with Crippen molar-refractivity contribution in [3.63, 3.8) is 0 Å². The van der Waals surface area contributed by atoms with Gasteiger partial charge >= 0.3 is 0 Å². The van der Waals surface area contributed by atoms with Crippen LogP contribution in [0.5, 0.6) is 11.5 Å². The fraction of sp³-hybridized carbons (Fsp3) is 0.652. The zero-order valence-corrected chi connectivity index (χ0v) is 21.8. The zero-order valence-electron chi connectivity index (χ0n) is 19.5. The minimum absolute atomic E-state index is 0. The van der Waals surface area contributed by atoms with Crippen LogP contribution in [0.15, 0.2) is 17.1 Å². The Morgan fingerprint density at radius 2 is 1.81 bits per heavy atom. The molecule has 0 radical (unpaired) electrons. The van der Waals surface area contributed by atoms with Crippen LogP contribution in [-0.2, 0) is 17.8 Å². The van der Waals surface area contributed by atoms with Crippen molar-refractivity contribution in [1.82, 2.24) is 15.1 Å². The van der Waals surface area contributed by atoms with Gasteiger partial charge in [-0.1, -0.05) is 13.8 Å². The summed E-state index contributed by atoms with van der Waals surface area (Å²) in [6, 6.07) is 4.03. The molecule has 8 heteroatoms. The zero-order chi connectivity index (χ0) is 21.7. The molecule has 0 spiro atoms. The van der Waals surface area contributed by atoms with E-state index in [-0.39, 0.29) is 29.9 Å². The molecular weight excluding hydrogens is 507 g/mol. The van der Waals surface area contributed by atoms with Gasteiger partial charge in [0.15, 0.2) is 17.5 Å². The van der Waals surface area contributed by atoms with Crippen molar-refractivity contribution in [3.8, 4) is 11.5 Å². The van der Waals surface area contributed by atoms with Crippen molar-refractivity contribution in [2.24, 2.45) is 10.4 Å². The highest BCUT2D eigenvalue weighted by Gasteiger charge is 2.30. The predicted octanol–water partition coefficient (Wildman–Crippen LogP) is 3.29. The second kappa shape index (κ2) is 11.2. The summed E-state index contributed by atoms with van der Waals surface area (Å²) in [5.74, 6) is 2.61. The number of nitrogens with zero attached hydrogens (tertiary/aromatic N) is 3. The number of carbonyl (C=O) groups excluding carboxylic acids is 1. The summed E-state index contributed by atoms with van der Waals surface area (Å²) in [6.45, 7) is 8.78. The number of likely N-dealkylation sites (tertiary alicyclic amines) is 1. The fourth-order valence-corrected chi connectivity index (χ4v) is 4.32. The van der Waals surface area contributed by atoms with E-state index in [1.54, 1.807) is 14.2 Å². The average Bonchev–Trinajstić information content (AvgIpc) is 3.11. The van der Waals surface area contributed by atoms with Crippen LogP contribution in [0.4, 0.5) is 0 Å². The van der Waals surface area contributed by atoms with E-state index >= 15 is 0 Å². The quantitative estimate of drug-likeness (QED) is 0.258. The molecule has 1 aromatic carbocycles. The van der Waals surface area contributed by atoms with Gasteiger partial charge in [0, 0.05) is 46.2 Å². The summed E-state index contributed by atoms with van der Waals surface area (Å²) in [5.41, 5.74) is 2.71. The van der Waals surface area contributed by atoms with Crippen LogP contribution in [0.25, 0.3) is 0 Å². The van der Waals surface area contributed by atoms with E-state index in [9.17, 15) is 4.79 Å². The number of carbonyl (C=O) groups is 1. The molecule has 0 bridgehead atoms. The molecule has 1 aromatic rings. The maximum Gasteiger partial charge on any atom is 0.222 e. The highest BCUT2D eigenvalue weighted by molar-refractivity contribution is 14.0. The van der Waals surface area contributed by atoms with Crippen molar-refractivity contribution < 1.29 is 14.3 Å². The first-order valence-electron chi connectivity index (χ1n) is 10.8. The van der Waals surface area contributed by atoms with E-state index < -0.39 is 0 Å². The molecule has 1 N–H and O–H groups in total. The lowest BCUT2D eigenvalue weighted by atomic mass is 9.93. The number of hydrogen-bond donors (Lipinski definition) is 1. The Morgan fingerprint density at radius 3 is 2.39 bits per heavy atom. The third-order valence-electron chi connectivity index (χ3n) is 6.11. The summed E-state index contributed by atoms with van der Waals surface area (Å²) in [4.78, 5) is 21.4. The minimum Gasteiger partial charge on any atom is -0.493 e. The molecular formula is C23H37IN4O3. The highest BCUT2D eigenvalue weighted by Crippen LogP contribution is 2.33. The van der Waals surface area contributed by atoms with Gasteiger partial charge in [0.05, 0.1) is 14.2 Å². The largest absolute Gasteiger partial charge is 0.493 e. The van der Waals surface area contributed by atoms with Crippen molar-refractivity contribution in [3.05, 3.63) is 23.3 Å². The molecule has 2 aliphatic heterocycles. The van der Waals surface area contributed by atoms with Crippen LogP contribution in [0.1, 0.15) is 44.2 Å². The van der Waals surface area contributed by atoms with E-state index in [1.165, 1.54) is 12.0 Å². The topological polar surface area (TPSA) is 66.4 Å². The first-order valence-corrected chi connectivity index (χ1v) is 10.8. The Bertz CT molecular complexity index is 797. The first kappa shape index (κ1) is 25.5. The summed E-state index contributed by atoms with van der Waals surface area (Å²) >= 11 is 0. The van der Waals surface area contributed by atoms with Gasteiger partial charge in [0.25, 0.3) is 0 Å². The van der Waals surface area contributed by atoms with Crippen molar-refractivity contribution in [2.45, 2.75) is 46.1 Å². The van der Waals surface area contributed by atoms with Gasteiger partial charge in [-0.15, -0.1) is 24.0 Å². The number of halogens is 1. The van der Waals surface area contributed by atoms with Gasteiger partial charge in [-0.25, -0.2) is 0 Å². The molecule has 0 unspecified atom stereocenters. The summed E-state index contributed by atoms with van der Waals surface area (Å²) in [7, 11) is 5.11. The average molecular weight is 544 g/mol. The second-order valence-corrected chi connectivity index (χ2v) is 8.95. The Balaban J connectivity index is 0.00000341. The minimum atomic E-state index is 0. The Hall–Kier alpha value is -1.71. The van der Waals surface area contributed by atoms with Crippen LogP contribution in [0.2, 0.25) is 0 Å². The number of hydrogen-bond acceptors (Lipinski definition) is 4. The molecule has 31 heavy (non-hydrogen) atoms. The molecule has 3 rings (SSSR count). The number of aliphatic imine (C=N–C) groups is 1. The van der Waals surface area contributed by atoms with Gasteiger partial charge in [-0.2, -0.15) is 0 Å². The third kappa shape index (κ3) is 6.40. The van der Waals surface area contributed by atoms with Gasteiger partial charge in [-0.05, 0) is 47.9 Å². The van der Waals surface area contributed by atoms with Crippen molar-refractivity contribution in [1.29, 1.82) is 0 Å². The van der Waals surface area contributed by atoms with E-state index in [1.807, 2.05) is 24.1 Å². The monoisotopic (exact) mass is 544 g/mol. The lowest BCUT2D eigenvalue weighted by Crippen LogP contribution is -2.41. The number of nitrogens with one attached hydrogen (secondary N) is 1. The molecule has 2 aliphatic rings. The molecule has 1 saturated heterocycles. The first-order chi connectivity index (χ1) is 14.4. The molecule has 0 atom stereocenters. The van der Waals surface area contributed by atoms with Crippen LogP contribution >= 0.6 is 24.0 Å². The molecule has 1 amide bonds. The predicted molar refractivity (Wildman–Crippen MR) is 135 cm³/mol. The van der Waals surface area contributed by atoms with Crippen LogP contribution in [-0.4, -0.2) is 69.1 Å². The van der Waals surface area contributed by atoms with E-state index in [2.05, 4.69) is 29.1 Å². The molecule has 0 aromatic heterocycles. The normalized spacial score (nSPS) is 17.6. The van der Waals surface area contributed by atoms with Crippen molar-refractivity contribution in [2.75, 3.05) is 47.4 Å². The number of amides is 1. The number of guanidine groups is 1. The highest BCUT2D eigenvalue weighted by atomic mass is 127. The Labute approximate surface area is 203 Å². The fourth-order valence-electron chi connectivity index (χ4n) is 4.32. The van der Waals surface area contributed by atoms with Crippen LogP contribution < -0.4 is 14.8 Å². The number of benzene rings is 1. The van der Waals surface area contributed by atoms with Gasteiger partial charge in [-0.3, -0.25) is 9.79 Å². The SMILES string of the molecule is CN=C(NCCCC(=O)N1CCc2cc(OC)c(OC)cc2C1)N1CCC(C)(C)C1.I. The Kier molecular flexibility index (Phi) is 9.27. The number of methoxy groups -OCH3 is 2. The maximum absolute atomic E-state index is 12.7. The van der Waals surface area contributed by atoms with Crippen molar-refractivity contribution >= 4 is 35.8 Å². The smallest absolute Gasteiger partial charge is 0.222 e. The van der Waals surface area contributed by atoms with E-state index in [4.69, 9.17) is 9.47 Å². The second-order valence-electron chi connectivity index (χ2n) is 8.95. The summed E-state index contributed by atoms with van der Waals surface area (Å²) in [5, 5.41) is 3.43. The maximum atomic E-state index is 12.7. The van der Waals surface area contributed by atoms with Crippen LogP contribution in [0, 0.1) is 5.41 Å². The van der Waals surface area contributed by atoms with E-state index in [0.717, 1.165) is 56.3 Å².